The summed E-state index contributed by atoms with van der Waals surface area (Å²) < 4.78 is 65.7. The average Bonchev–Trinajstić information content (AvgIpc) is 2.96. The van der Waals surface area contributed by atoms with Crippen LogP contribution in [0.2, 0.25) is 0 Å². The lowest BCUT2D eigenvalue weighted by molar-refractivity contribution is -0.144. The maximum Gasteiger partial charge on any atom is 0.326 e. The predicted octanol–water partition coefficient (Wildman–Crippen LogP) is -3.52. The topological polar surface area (TPSA) is 327 Å². The summed E-state index contributed by atoms with van der Waals surface area (Å²) in [5, 5.41) is 27.7. The third kappa shape index (κ3) is 24.3. The molecule has 0 aliphatic carbocycles. The lowest BCUT2D eigenvalue weighted by atomic mass is 10.1. The highest BCUT2D eigenvalue weighted by molar-refractivity contribution is 7.90. The zero-order valence-corrected chi connectivity index (χ0v) is 27.9. The molecule has 0 aromatic rings. The van der Waals surface area contributed by atoms with Crippen molar-refractivity contribution in [2.45, 2.75) is 63.5 Å². The molecule has 276 valence electrons. The van der Waals surface area contributed by atoms with Crippen molar-refractivity contribution in [1.82, 2.24) is 26.0 Å². The van der Waals surface area contributed by atoms with Crippen molar-refractivity contribution in [3.05, 3.63) is 0 Å². The zero-order chi connectivity index (χ0) is 36.8. The second-order valence-corrected chi connectivity index (χ2v) is 13.4. The molecule has 48 heavy (non-hydrogen) atoms. The smallest absolute Gasteiger partial charge is 0.326 e. The molecule has 0 saturated heterocycles. The van der Waals surface area contributed by atoms with E-state index in [1.54, 1.807) is 4.72 Å². The molecule has 21 nitrogen and oxygen atoms in total. The van der Waals surface area contributed by atoms with Crippen LogP contribution in [0.4, 0.5) is 0 Å². The van der Waals surface area contributed by atoms with Crippen molar-refractivity contribution in [2.24, 2.45) is 0 Å². The normalized spacial score (nSPS) is 12.6. The van der Waals surface area contributed by atoms with Crippen molar-refractivity contribution in [2.75, 3.05) is 51.5 Å². The van der Waals surface area contributed by atoms with Crippen LogP contribution >= 0.6 is 0 Å². The standard InChI is InChI=1S/C25H43N5O16S2/c1-26-19(31)8-6-17(24(36)37)28-21(33)9-7-18(25(38)39)29-23(35)16-46-13-12-45-11-10-27-20(32)4-2-14-47(40,41)30-22(34)5-3-15-48(42,43)44/h17-18H,2-16H2,1H3,(H,26,31)(H,27,32)(H,28,33)(H,29,35)(H,30,34)(H,36,37)(H,38,39)(H,42,43,44). The Kier molecular flexibility index (Phi) is 21.5. The summed E-state index contributed by atoms with van der Waals surface area (Å²) in [6, 6.07) is -2.83. The minimum absolute atomic E-state index is 0.00147. The van der Waals surface area contributed by atoms with Crippen LogP contribution in [0.15, 0.2) is 0 Å². The monoisotopic (exact) mass is 733 g/mol. The Morgan fingerprint density at radius 1 is 0.646 bits per heavy atom. The molecular formula is C25H43N5O16S2. The lowest BCUT2D eigenvalue weighted by Crippen LogP contribution is -2.45. The summed E-state index contributed by atoms with van der Waals surface area (Å²) in [5.74, 6) is -7.48. The second kappa shape index (κ2) is 23.4. The van der Waals surface area contributed by atoms with E-state index in [0.717, 1.165) is 0 Å². The number of aliphatic carboxylic acids is 2. The molecule has 0 heterocycles. The van der Waals surface area contributed by atoms with Crippen molar-refractivity contribution in [1.29, 1.82) is 0 Å². The van der Waals surface area contributed by atoms with Crippen LogP contribution in [0.5, 0.6) is 0 Å². The van der Waals surface area contributed by atoms with Gasteiger partial charge in [-0.15, -0.1) is 0 Å². The van der Waals surface area contributed by atoms with E-state index in [-0.39, 0.29) is 64.9 Å². The zero-order valence-electron chi connectivity index (χ0n) is 26.2. The Morgan fingerprint density at radius 2 is 1.17 bits per heavy atom. The van der Waals surface area contributed by atoms with Gasteiger partial charge in [0, 0.05) is 39.3 Å². The molecule has 0 rings (SSSR count). The van der Waals surface area contributed by atoms with Crippen molar-refractivity contribution in [3.63, 3.8) is 0 Å². The quantitative estimate of drug-likeness (QED) is 0.0300. The van der Waals surface area contributed by atoms with Crippen LogP contribution in [0.3, 0.4) is 0 Å². The number of ether oxygens (including phenoxy) is 2. The fourth-order valence-corrected chi connectivity index (χ4v) is 5.13. The maximum absolute atomic E-state index is 12.1. The molecule has 0 bridgehead atoms. The van der Waals surface area contributed by atoms with Gasteiger partial charge in [0.25, 0.3) is 10.1 Å². The summed E-state index contributed by atoms with van der Waals surface area (Å²) in [5.41, 5.74) is 0. The van der Waals surface area contributed by atoms with Crippen LogP contribution < -0.4 is 26.0 Å². The molecule has 0 spiro atoms. The van der Waals surface area contributed by atoms with Crippen LogP contribution in [0, 0.1) is 0 Å². The molecular weight excluding hydrogens is 690 g/mol. The van der Waals surface area contributed by atoms with Crippen LogP contribution in [0.25, 0.3) is 0 Å². The van der Waals surface area contributed by atoms with Crippen molar-refractivity contribution >= 4 is 61.6 Å². The minimum atomic E-state index is -4.27. The van der Waals surface area contributed by atoms with Crippen LogP contribution in [0.1, 0.15) is 51.4 Å². The SMILES string of the molecule is CNC(=O)CCC(NC(=O)CCC(NC(=O)COCCOCCNC(=O)CCCS(=O)(=O)NC(=O)CCCS(=O)(=O)O)C(=O)O)C(=O)O. The van der Waals surface area contributed by atoms with Gasteiger partial charge < -0.3 is 41.0 Å². The van der Waals surface area contributed by atoms with Gasteiger partial charge >= 0.3 is 11.9 Å². The molecule has 2 atom stereocenters. The number of hydrogen-bond donors (Lipinski definition) is 8. The van der Waals surface area contributed by atoms with E-state index in [1.807, 2.05) is 0 Å². The van der Waals surface area contributed by atoms with Gasteiger partial charge in [-0.3, -0.25) is 33.2 Å². The van der Waals surface area contributed by atoms with Gasteiger partial charge in [-0.25, -0.2) is 18.0 Å². The largest absolute Gasteiger partial charge is 0.480 e. The molecule has 0 aliphatic rings. The van der Waals surface area contributed by atoms with E-state index >= 15 is 0 Å². The van der Waals surface area contributed by atoms with Crippen LogP contribution in [-0.2, 0) is 63.2 Å². The predicted molar refractivity (Wildman–Crippen MR) is 163 cm³/mol. The summed E-state index contributed by atoms with van der Waals surface area (Å²) in [6.07, 6.45) is -2.10. The number of hydrogen-bond acceptors (Lipinski definition) is 13. The third-order valence-corrected chi connectivity index (χ3v) is 8.10. The van der Waals surface area contributed by atoms with Gasteiger partial charge in [-0.1, -0.05) is 0 Å². The van der Waals surface area contributed by atoms with Crippen LogP contribution in [-0.4, -0.2) is 137 Å². The average molecular weight is 734 g/mol. The Morgan fingerprint density at radius 3 is 1.73 bits per heavy atom. The molecule has 0 aromatic heterocycles. The van der Waals surface area contributed by atoms with Gasteiger partial charge in [0.1, 0.15) is 18.7 Å². The molecule has 0 saturated carbocycles. The Hall–Kier alpha value is -3.93. The Labute approximate surface area is 277 Å². The van der Waals surface area contributed by atoms with E-state index in [4.69, 9.17) is 14.0 Å². The van der Waals surface area contributed by atoms with E-state index in [9.17, 15) is 60.6 Å². The highest BCUT2D eigenvalue weighted by atomic mass is 32.2. The van der Waals surface area contributed by atoms with E-state index < -0.39 is 105 Å². The highest BCUT2D eigenvalue weighted by Gasteiger charge is 2.24. The van der Waals surface area contributed by atoms with Gasteiger partial charge in [0.05, 0.1) is 31.3 Å². The number of carbonyl (C=O) groups excluding carboxylic acids is 5. The molecule has 2 unspecified atom stereocenters. The molecule has 0 fully saturated rings. The second-order valence-electron chi connectivity index (χ2n) is 10.0. The van der Waals surface area contributed by atoms with Gasteiger partial charge in [-0.2, -0.15) is 8.42 Å². The maximum atomic E-state index is 12.1. The minimum Gasteiger partial charge on any atom is -0.480 e. The van der Waals surface area contributed by atoms with Gasteiger partial charge in [0.2, 0.25) is 39.6 Å². The van der Waals surface area contributed by atoms with Gasteiger partial charge in [0.15, 0.2) is 0 Å². The number of carboxylic acid groups (broad SMARTS) is 2. The first-order valence-corrected chi connectivity index (χ1v) is 17.8. The Bertz CT molecular complexity index is 1320. The first kappa shape index (κ1) is 44.1. The third-order valence-electron chi connectivity index (χ3n) is 5.93. The fraction of sp³-hybridized carbons (Fsp3) is 0.720. The van der Waals surface area contributed by atoms with E-state index in [0.29, 0.717) is 0 Å². The molecule has 8 N–H and O–H groups in total. The van der Waals surface area contributed by atoms with Gasteiger partial charge in [-0.05, 0) is 25.7 Å². The molecule has 23 heteroatoms. The van der Waals surface area contributed by atoms with E-state index in [1.165, 1.54) is 7.05 Å². The fourth-order valence-electron chi connectivity index (χ4n) is 3.54. The first-order valence-electron chi connectivity index (χ1n) is 14.5. The lowest BCUT2D eigenvalue weighted by Gasteiger charge is -2.17. The number of carbonyl (C=O) groups is 7. The Balaban J connectivity index is 4.14. The highest BCUT2D eigenvalue weighted by Crippen LogP contribution is 2.03. The first-order chi connectivity index (χ1) is 22.3. The molecule has 0 aliphatic heterocycles. The number of rotatable bonds is 27. The number of sulfonamides is 1. The number of carboxylic acids is 2. The summed E-state index contributed by atoms with van der Waals surface area (Å²) >= 11 is 0. The van der Waals surface area contributed by atoms with E-state index in [2.05, 4.69) is 21.3 Å². The van der Waals surface area contributed by atoms with Crippen molar-refractivity contribution < 1.29 is 74.6 Å². The summed E-state index contributed by atoms with van der Waals surface area (Å²) in [7, 11) is -6.95. The summed E-state index contributed by atoms with van der Waals surface area (Å²) in [6.45, 7) is -0.515. The van der Waals surface area contributed by atoms with Crippen molar-refractivity contribution in [3.8, 4) is 0 Å². The number of amides is 5. The molecule has 0 aromatic carbocycles. The number of nitrogens with one attached hydrogen (secondary N) is 5. The molecule has 0 radical (unpaired) electrons. The molecule has 5 amide bonds. The summed E-state index contributed by atoms with van der Waals surface area (Å²) in [4.78, 5) is 81.7.